The summed E-state index contributed by atoms with van der Waals surface area (Å²) in [6, 6.07) is 15.8. The largest absolute Gasteiger partial charge is 0.455 e. The van der Waals surface area contributed by atoms with E-state index in [1.54, 1.807) is 4.90 Å². The Morgan fingerprint density at radius 2 is 1.90 bits per heavy atom. The topological polar surface area (TPSA) is 75.7 Å². The minimum atomic E-state index is -0.555. The van der Waals surface area contributed by atoms with Gasteiger partial charge in [0.15, 0.2) is 6.61 Å². The minimum Gasteiger partial charge on any atom is -0.455 e. The Labute approximate surface area is 182 Å². The van der Waals surface area contributed by atoms with Gasteiger partial charge in [0.1, 0.15) is 0 Å². The summed E-state index contributed by atoms with van der Waals surface area (Å²) in [5.41, 5.74) is 4.31. The Morgan fingerprint density at radius 1 is 1.13 bits per heavy atom. The molecule has 1 saturated heterocycles. The summed E-state index contributed by atoms with van der Waals surface area (Å²) in [5, 5.41) is 2.99. The van der Waals surface area contributed by atoms with E-state index in [0.29, 0.717) is 0 Å². The molecule has 2 unspecified atom stereocenters. The molecule has 1 fully saturated rings. The maximum Gasteiger partial charge on any atom is 0.311 e. The van der Waals surface area contributed by atoms with E-state index in [1.165, 1.54) is 5.56 Å². The second-order valence-corrected chi connectivity index (χ2v) is 8.21. The summed E-state index contributed by atoms with van der Waals surface area (Å²) in [5.74, 6) is -1.46. The van der Waals surface area contributed by atoms with Crippen LogP contribution >= 0.6 is 0 Å². The number of nitrogens with zero attached hydrogens (tertiary/aromatic N) is 1. The Bertz CT molecular complexity index is 987. The maximum absolute atomic E-state index is 12.5. The number of esters is 1. The number of ether oxygens (including phenoxy) is 1. The molecule has 0 radical (unpaired) electrons. The molecule has 0 spiro atoms. The van der Waals surface area contributed by atoms with Crippen molar-refractivity contribution in [3.63, 3.8) is 0 Å². The third-order valence-corrected chi connectivity index (χ3v) is 6.17. The Morgan fingerprint density at radius 3 is 2.74 bits per heavy atom. The lowest BCUT2D eigenvalue weighted by Gasteiger charge is -2.26. The van der Waals surface area contributed by atoms with Gasteiger partial charge in [-0.05, 0) is 48.4 Å². The molecule has 2 aliphatic rings. The SMILES string of the molecule is CCc1ccccc1N1CC(C(=O)OCC(=O)NC2CCCc3ccccc32)CC1=O. The lowest BCUT2D eigenvalue weighted by molar-refractivity contribution is -0.152. The van der Waals surface area contributed by atoms with E-state index in [0.717, 1.165) is 42.5 Å². The van der Waals surface area contributed by atoms with Crippen LogP contribution in [0.5, 0.6) is 0 Å². The summed E-state index contributed by atoms with van der Waals surface area (Å²) in [4.78, 5) is 39.1. The molecule has 0 bridgehead atoms. The van der Waals surface area contributed by atoms with Gasteiger partial charge in [0.05, 0.1) is 12.0 Å². The normalized spacial score (nSPS) is 20.3. The van der Waals surface area contributed by atoms with Crippen molar-refractivity contribution < 1.29 is 19.1 Å². The molecule has 2 aromatic carbocycles. The zero-order chi connectivity index (χ0) is 21.8. The predicted molar refractivity (Wildman–Crippen MR) is 118 cm³/mol. The van der Waals surface area contributed by atoms with Crippen molar-refractivity contribution in [1.82, 2.24) is 5.32 Å². The fraction of sp³-hybridized carbons (Fsp3) is 0.400. The second-order valence-electron chi connectivity index (χ2n) is 8.21. The van der Waals surface area contributed by atoms with Crippen molar-refractivity contribution >= 4 is 23.5 Å². The number of hydrogen-bond acceptors (Lipinski definition) is 4. The van der Waals surface area contributed by atoms with Gasteiger partial charge in [0.25, 0.3) is 5.91 Å². The molecular weight excluding hydrogens is 392 g/mol. The maximum atomic E-state index is 12.5. The lowest BCUT2D eigenvalue weighted by atomic mass is 9.88. The fourth-order valence-electron chi connectivity index (χ4n) is 4.57. The molecule has 1 aliphatic heterocycles. The van der Waals surface area contributed by atoms with Gasteiger partial charge in [-0.1, -0.05) is 49.4 Å². The highest BCUT2D eigenvalue weighted by Gasteiger charge is 2.37. The summed E-state index contributed by atoms with van der Waals surface area (Å²) in [7, 11) is 0. The van der Waals surface area contributed by atoms with Crippen LogP contribution < -0.4 is 10.2 Å². The number of benzene rings is 2. The van der Waals surface area contributed by atoms with Crippen molar-refractivity contribution in [2.24, 2.45) is 5.92 Å². The van der Waals surface area contributed by atoms with Crippen molar-refractivity contribution in [3.8, 4) is 0 Å². The molecule has 0 saturated carbocycles. The smallest absolute Gasteiger partial charge is 0.311 e. The van der Waals surface area contributed by atoms with Crippen molar-refractivity contribution in [2.75, 3.05) is 18.1 Å². The zero-order valence-corrected chi connectivity index (χ0v) is 17.8. The predicted octanol–water partition coefficient (Wildman–Crippen LogP) is 3.34. The number of para-hydroxylation sites is 1. The molecule has 0 aromatic heterocycles. The van der Waals surface area contributed by atoms with Crippen LogP contribution in [0.1, 0.15) is 48.9 Å². The van der Waals surface area contributed by atoms with Crippen LogP contribution in [-0.4, -0.2) is 30.9 Å². The average molecular weight is 421 g/mol. The van der Waals surface area contributed by atoms with Gasteiger partial charge in [0.2, 0.25) is 5.91 Å². The van der Waals surface area contributed by atoms with Gasteiger partial charge in [-0.25, -0.2) is 0 Å². The van der Waals surface area contributed by atoms with Gasteiger partial charge in [-0.15, -0.1) is 0 Å². The third kappa shape index (κ3) is 4.63. The average Bonchev–Trinajstić information content (AvgIpc) is 3.19. The van der Waals surface area contributed by atoms with Crippen LogP contribution in [-0.2, 0) is 32.0 Å². The molecule has 162 valence electrons. The number of anilines is 1. The van der Waals surface area contributed by atoms with Crippen molar-refractivity contribution in [1.29, 1.82) is 0 Å². The van der Waals surface area contributed by atoms with E-state index in [2.05, 4.69) is 11.4 Å². The second kappa shape index (κ2) is 9.33. The number of hydrogen-bond donors (Lipinski definition) is 1. The molecule has 2 amide bonds. The van der Waals surface area contributed by atoms with E-state index in [-0.39, 0.29) is 37.4 Å². The van der Waals surface area contributed by atoms with E-state index < -0.39 is 11.9 Å². The molecule has 6 heteroatoms. The Kier molecular flexibility index (Phi) is 6.35. The van der Waals surface area contributed by atoms with E-state index >= 15 is 0 Å². The monoisotopic (exact) mass is 420 g/mol. The molecule has 1 aliphatic carbocycles. The van der Waals surface area contributed by atoms with Crippen LogP contribution in [0.4, 0.5) is 5.69 Å². The van der Waals surface area contributed by atoms with Crippen LogP contribution in [0.2, 0.25) is 0 Å². The highest BCUT2D eigenvalue weighted by molar-refractivity contribution is 6.00. The van der Waals surface area contributed by atoms with Crippen LogP contribution in [0.3, 0.4) is 0 Å². The van der Waals surface area contributed by atoms with E-state index in [1.807, 2.05) is 49.4 Å². The number of amides is 2. The number of rotatable bonds is 6. The first-order valence-corrected chi connectivity index (χ1v) is 11.0. The number of carbonyl (C=O) groups excluding carboxylic acids is 3. The molecule has 31 heavy (non-hydrogen) atoms. The van der Waals surface area contributed by atoms with Crippen molar-refractivity contribution in [2.45, 2.75) is 45.1 Å². The minimum absolute atomic E-state index is 0.0507. The van der Waals surface area contributed by atoms with Gasteiger partial charge < -0.3 is 15.0 Å². The number of aryl methyl sites for hydroxylation is 2. The van der Waals surface area contributed by atoms with Gasteiger partial charge in [0, 0.05) is 18.7 Å². The summed E-state index contributed by atoms with van der Waals surface area (Å²) in [6.45, 7) is 1.99. The zero-order valence-electron chi connectivity index (χ0n) is 17.8. The molecular formula is C25H28N2O4. The number of nitrogens with one attached hydrogen (secondary N) is 1. The Hall–Kier alpha value is -3.15. The fourth-order valence-corrected chi connectivity index (χ4v) is 4.57. The first-order valence-electron chi connectivity index (χ1n) is 11.0. The summed E-state index contributed by atoms with van der Waals surface area (Å²) >= 11 is 0. The van der Waals surface area contributed by atoms with Gasteiger partial charge in [-0.2, -0.15) is 0 Å². The molecule has 2 aromatic rings. The van der Waals surface area contributed by atoms with Crippen LogP contribution in [0.25, 0.3) is 0 Å². The van der Waals surface area contributed by atoms with Gasteiger partial charge >= 0.3 is 5.97 Å². The molecule has 6 nitrogen and oxygen atoms in total. The van der Waals surface area contributed by atoms with Crippen LogP contribution in [0.15, 0.2) is 48.5 Å². The summed E-state index contributed by atoms with van der Waals surface area (Å²) < 4.78 is 5.28. The first-order chi connectivity index (χ1) is 15.1. The van der Waals surface area contributed by atoms with Gasteiger partial charge in [-0.3, -0.25) is 14.4 Å². The molecule has 1 N–H and O–H groups in total. The van der Waals surface area contributed by atoms with E-state index in [4.69, 9.17) is 4.74 Å². The summed E-state index contributed by atoms with van der Waals surface area (Å²) in [6.07, 6.45) is 3.82. The molecule has 2 atom stereocenters. The lowest BCUT2D eigenvalue weighted by Crippen LogP contribution is -2.35. The third-order valence-electron chi connectivity index (χ3n) is 6.17. The highest BCUT2D eigenvalue weighted by Crippen LogP contribution is 2.30. The first kappa shape index (κ1) is 21.1. The quantitative estimate of drug-likeness (QED) is 0.728. The molecule has 4 rings (SSSR count). The molecule has 1 heterocycles. The van der Waals surface area contributed by atoms with Crippen molar-refractivity contribution in [3.05, 3.63) is 65.2 Å². The van der Waals surface area contributed by atoms with E-state index in [9.17, 15) is 14.4 Å². The van der Waals surface area contributed by atoms with Crippen LogP contribution in [0, 0.1) is 5.92 Å². The number of carbonyl (C=O) groups is 3. The number of fused-ring (bicyclic) bond motifs is 1. The Balaban J connectivity index is 1.31. The highest BCUT2D eigenvalue weighted by atomic mass is 16.5. The standard InChI is InChI=1S/C25H28N2O4/c1-2-17-8-4-6-13-22(17)27-15-19(14-24(27)29)25(30)31-16-23(28)26-21-12-7-10-18-9-3-5-11-20(18)21/h3-6,8-9,11,13,19,21H,2,7,10,12,14-16H2,1H3,(H,26,28).